The van der Waals surface area contributed by atoms with Gasteiger partial charge in [0.05, 0.1) is 0 Å². The van der Waals surface area contributed by atoms with Gasteiger partial charge in [-0.1, -0.05) is 25.8 Å². The minimum Gasteiger partial charge on any atom is -0.145 e. The monoisotopic (exact) mass is 210 g/mol. The van der Waals surface area contributed by atoms with Crippen LogP contribution in [-0.2, 0) is 0 Å². The molecule has 1 unspecified atom stereocenters. The van der Waals surface area contributed by atoms with Gasteiger partial charge < -0.3 is 0 Å². The van der Waals surface area contributed by atoms with Crippen LogP contribution in [0, 0.1) is 0 Å². The zero-order chi connectivity index (χ0) is 9.07. The fourth-order valence-electron chi connectivity index (χ4n) is 0.910. The predicted octanol–water partition coefficient (Wildman–Crippen LogP) is 4.28. The van der Waals surface area contributed by atoms with Gasteiger partial charge in [-0.2, -0.15) is 0 Å². The van der Waals surface area contributed by atoms with Crippen molar-refractivity contribution in [2.24, 2.45) is 0 Å². The Hall–Kier alpha value is 0.537. The Morgan fingerprint density at radius 2 is 2.00 bits per heavy atom. The molecule has 0 N–H and O–H groups in total. The molecule has 0 spiro atoms. The summed E-state index contributed by atoms with van der Waals surface area (Å²) < 4.78 is 0. The van der Waals surface area contributed by atoms with Crippen molar-refractivity contribution in [3.05, 3.63) is 12.2 Å². The van der Waals surface area contributed by atoms with Crippen molar-refractivity contribution >= 4 is 28.9 Å². The second-order valence-electron chi connectivity index (χ2n) is 3.08. The molecule has 0 radical (unpaired) electrons. The van der Waals surface area contributed by atoms with Crippen LogP contribution in [0.5, 0.6) is 0 Å². The zero-order valence-electron chi connectivity index (χ0n) is 7.45. The van der Waals surface area contributed by atoms with Crippen molar-refractivity contribution in [3.63, 3.8) is 0 Å². The van der Waals surface area contributed by atoms with Gasteiger partial charge in [-0.3, -0.25) is 0 Å². The van der Waals surface area contributed by atoms with Gasteiger partial charge in [-0.15, -0.1) is 28.7 Å². The quantitative estimate of drug-likeness (QED) is 0.370. The Labute approximate surface area is 80.0 Å². The van der Waals surface area contributed by atoms with Crippen LogP contribution >= 0.6 is 22.2 Å². The van der Waals surface area contributed by atoms with Crippen molar-refractivity contribution in [1.82, 2.24) is 0 Å². The van der Waals surface area contributed by atoms with Gasteiger partial charge in [0, 0.05) is 0 Å². The zero-order valence-corrected chi connectivity index (χ0v) is 9.97. The van der Waals surface area contributed by atoms with E-state index in [0.29, 0.717) is 5.54 Å². The second kappa shape index (κ2) is 4.54. The maximum Gasteiger partial charge on any atom is 0.257 e. The molecule has 0 rings (SSSR count). The third-order valence-corrected chi connectivity index (χ3v) is 7.98. The molecule has 0 nitrogen and oxygen atoms in total. The highest BCUT2D eigenvalue weighted by Crippen LogP contribution is 2.38. The number of halogens is 2. The minimum atomic E-state index is -2.02. The van der Waals surface area contributed by atoms with E-state index in [1.165, 1.54) is 0 Å². The van der Waals surface area contributed by atoms with E-state index >= 15 is 0 Å². The van der Waals surface area contributed by atoms with E-state index in [2.05, 4.69) is 20.4 Å². The molecular formula is C8H16Cl2Si. The maximum absolute atomic E-state index is 6.23. The Balaban J connectivity index is 4.16. The van der Waals surface area contributed by atoms with E-state index < -0.39 is 6.69 Å². The first-order chi connectivity index (χ1) is 4.91. The SMILES string of the molecule is C=C(C)C(C)[Si](Cl)(Cl)CCC. The number of hydrogen-bond acceptors (Lipinski definition) is 0. The van der Waals surface area contributed by atoms with Gasteiger partial charge in [-0.25, -0.2) is 0 Å². The molecular weight excluding hydrogens is 195 g/mol. The van der Waals surface area contributed by atoms with Crippen LogP contribution in [0.1, 0.15) is 27.2 Å². The summed E-state index contributed by atoms with van der Waals surface area (Å²) in [5.41, 5.74) is 1.42. The Morgan fingerprint density at radius 3 is 2.27 bits per heavy atom. The highest BCUT2D eigenvalue weighted by molar-refractivity contribution is 7.46. The molecule has 0 aromatic rings. The average Bonchev–Trinajstić information content (AvgIpc) is 1.86. The van der Waals surface area contributed by atoms with Gasteiger partial charge in [0.2, 0.25) is 0 Å². The van der Waals surface area contributed by atoms with Crippen molar-refractivity contribution in [2.45, 2.75) is 38.8 Å². The Morgan fingerprint density at radius 1 is 1.55 bits per heavy atom. The van der Waals surface area contributed by atoms with E-state index in [1.54, 1.807) is 0 Å². The second-order valence-corrected chi connectivity index (χ2v) is 10.6. The lowest BCUT2D eigenvalue weighted by molar-refractivity contribution is 0.999. The molecule has 0 heterocycles. The molecule has 0 aliphatic rings. The summed E-state index contributed by atoms with van der Waals surface area (Å²) in [5, 5.41) is 0. The van der Waals surface area contributed by atoms with Crippen LogP contribution in [0.15, 0.2) is 12.2 Å². The standard InChI is InChI=1S/C8H16Cl2Si/c1-5-6-11(9,10)8(4)7(2)3/h8H,2,5-6H2,1,3-4H3. The van der Waals surface area contributed by atoms with Crippen molar-refractivity contribution in [2.75, 3.05) is 0 Å². The Kier molecular flexibility index (Phi) is 4.76. The van der Waals surface area contributed by atoms with Crippen molar-refractivity contribution in [3.8, 4) is 0 Å². The number of rotatable bonds is 4. The van der Waals surface area contributed by atoms with Crippen LogP contribution < -0.4 is 0 Å². The maximum atomic E-state index is 6.23. The van der Waals surface area contributed by atoms with E-state index in [9.17, 15) is 0 Å². The van der Waals surface area contributed by atoms with Crippen LogP contribution in [0.25, 0.3) is 0 Å². The summed E-state index contributed by atoms with van der Waals surface area (Å²) in [7, 11) is 0. The average molecular weight is 211 g/mol. The molecule has 11 heavy (non-hydrogen) atoms. The van der Waals surface area contributed by atoms with Crippen LogP contribution in [-0.4, -0.2) is 6.69 Å². The summed E-state index contributed by atoms with van der Waals surface area (Å²) in [6.07, 6.45) is 1.07. The predicted molar refractivity (Wildman–Crippen MR) is 56.8 cm³/mol. The molecule has 0 fully saturated rings. The van der Waals surface area contributed by atoms with E-state index in [4.69, 9.17) is 22.2 Å². The third-order valence-electron chi connectivity index (χ3n) is 1.96. The molecule has 0 aromatic carbocycles. The third kappa shape index (κ3) is 3.63. The molecule has 0 aromatic heterocycles. The minimum absolute atomic E-state index is 0.311. The largest absolute Gasteiger partial charge is 0.257 e. The topological polar surface area (TPSA) is 0 Å². The summed E-state index contributed by atoms with van der Waals surface area (Å²) in [6, 6.07) is 0.962. The van der Waals surface area contributed by atoms with Gasteiger partial charge in [0.15, 0.2) is 0 Å². The molecule has 0 bridgehead atoms. The van der Waals surface area contributed by atoms with Gasteiger partial charge in [-0.05, 0) is 18.5 Å². The summed E-state index contributed by atoms with van der Waals surface area (Å²) in [6.45, 7) is 8.02. The first-order valence-corrected chi connectivity index (χ1v) is 8.26. The van der Waals surface area contributed by atoms with Gasteiger partial charge in [0.1, 0.15) is 0 Å². The van der Waals surface area contributed by atoms with Crippen molar-refractivity contribution in [1.29, 1.82) is 0 Å². The smallest absolute Gasteiger partial charge is 0.145 e. The lowest BCUT2D eigenvalue weighted by Crippen LogP contribution is -2.25. The van der Waals surface area contributed by atoms with Crippen LogP contribution in [0.3, 0.4) is 0 Å². The van der Waals surface area contributed by atoms with Gasteiger partial charge in [0.25, 0.3) is 6.69 Å². The van der Waals surface area contributed by atoms with E-state index in [-0.39, 0.29) is 0 Å². The van der Waals surface area contributed by atoms with E-state index in [0.717, 1.165) is 18.0 Å². The summed E-state index contributed by atoms with van der Waals surface area (Å²) in [4.78, 5) is 0. The van der Waals surface area contributed by atoms with Gasteiger partial charge >= 0.3 is 0 Å². The molecule has 1 atom stereocenters. The summed E-state index contributed by atoms with van der Waals surface area (Å²) >= 11 is 12.5. The van der Waals surface area contributed by atoms with Crippen LogP contribution in [0.4, 0.5) is 0 Å². The van der Waals surface area contributed by atoms with E-state index in [1.807, 2.05) is 6.92 Å². The lowest BCUT2D eigenvalue weighted by atomic mass is 10.3. The Bertz CT molecular complexity index is 143. The first-order valence-electron chi connectivity index (χ1n) is 3.95. The normalized spacial score (nSPS) is 14.6. The van der Waals surface area contributed by atoms with Crippen molar-refractivity contribution < 1.29 is 0 Å². The number of allylic oxidation sites excluding steroid dienone is 1. The molecule has 3 heteroatoms. The highest BCUT2D eigenvalue weighted by Gasteiger charge is 2.34. The first kappa shape index (κ1) is 11.5. The molecule has 66 valence electrons. The fourth-order valence-corrected chi connectivity index (χ4v) is 4.98. The molecule has 0 aliphatic heterocycles. The molecule has 0 aliphatic carbocycles. The number of hydrogen-bond donors (Lipinski definition) is 0. The molecule has 0 amide bonds. The summed E-state index contributed by atoms with van der Waals surface area (Å²) in [5.74, 6) is 0. The fraction of sp³-hybridized carbons (Fsp3) is 0.750. The molecule has 0 saturated heterocycles. The molecule has 0 saturated carbocycles. The lowest BCUT2D eigenvalue weighted by Gasteiger charge is -2.23. The highest BCUT2D eigenvalue weighted by atomic mass is 35.7. The van der Waals surface area contributed by atoms with Crippen LogP contribution in [0.2, 0.25) is 11.6 Å².